The van der Waals surface area contributed by atoms with Crippen molar-refractivity contribution >= 4 is 15.8 Å². The predicted octanol–water partition coefficient (Wildman–Crippen LogP) is 1.31. The third kappa shape index (κ3) is 1.94. The quantitative estimate of drug-likeness (QED) is 0.890. The Labute approximate surface area is 118 Å². The van der Waals surface area contributed by atoms with E-state index in [9.17, 15) is 18.3 Å². The molecule has 2 atom stereocenters. The summed E-state index contributed by atoms with van der Waals surface area (Å²) in [4.78, 5) is 13.7. The van der Waals surface area contributed by atoms with E-state index in [4.69, 9.17) is 0 Å². The average Bonchev–Trinajstić information content (AvgIpc) is 2.91. The Hall–Kier alpha value is -1.40. The Balaban J connectivity index is 1.93. The number of likely N-dealkylation sites (tertiary alicyclic amines) is 1. The normalized spacial score (nSPS) is 32.1. The van der Waals surface area contributed by atoms with Crippen LogP contribution in [0.4, 0.5) is 0 Å². The van der Waals surface area contributed by atoms with Crippen molar-refractivity contribution < 1.29 is 18.3 Å². The van der Waals surface area contributed by atoms with E-state index in [2.05, 4.69) is 0 Å². The molecule has 2 aliphatic heterocycles. The first-order valence-corrected chi connectivity index (χ1v) is 8.28. The van der Waals surface area contributed by atoms with Gasteiger partial charge in [0.15, 0.2) is 9.84 Å². The van der Waals surface area contributed by atoms with E-state index in [0.29, 0.717) is 24.4 Å². The van der Waals surface area contributed by atoms with Gasteiger partial charge in [-0.15, -0.1) is 0 Å². The van der Waals surface area contributed by atoms with Crippen LogP contribution in [-0.4, -0.2) is 43.2 Å². The number of sulfone groups is 1. The lowest BCUT2D eigenvalue weighted by Gasteiger charge is -2.25. The monoisotopic (exact) mass is 295 g/mol. The average molecular weight is 295 g/mol. The van der Waals surface area contributed by atoms with Gasteiger partial charge in [-0.25, -0.2) is 8.42 Å². The standard InChI is InChI=1S/C14H17NO4S/c1-14(13(16)17)6-7-15(9-14)11-8-20(18,19)12-5-3-2-4-10(11)12/h2-5,11H,6-9H2,1H3,(H,16,17). The number of carboxylic acids is 1. The van der Waals surface area contributed by atoms with Gasteiger partial charge in [0.25, 0.3) is 0 Å². The van der Waals surface area contributed by atoms with Crippen LogP contribution in [0.15, 0.2) is 29.2 Å². The van der Waals surface area contributed by atoms with Gasteiger partial charge in [0, 0.05) is 6.54 Å². The maximum Gasteiger partial charge on any atom is 0.310 e. The zero-order valence-corrected chi connectivity index (χ0v) is 12.1. The Morgan fingerprint density at radius 3 is 2.75 bits per heavy atom. The fraction of sp³-hybridized carbons (Fsp3) is 0.500. The molecule has 0 spiro atoms. The van der Waals surface area contributed by atoms with E-state index >= 15 is 0 Å². The number of benzene rings is 1. The summed E-state index contributed by atoms with van der Waals surface area (Å²) in [5.41, 5.74) is 0.0310. The SMILES string of the molecule is CC1(C(=O)O)CCN(C2CS(=O)(=O)c3ccccc32)C1. The molecule has 1 aromatic carbocycles. The van der Waals surface area contributed by atoms with E-state index < -0.39 is 21.2 Å². The van der Waals surface area contributed by atoms with Crippen LogP contribution in [0.25, 0.3) is 0 Å². The van der Waals surface area contributed by atoms with Crippen LogP contribution in [0.1, 0.15) is 24.9 Å². The van der Waals surface area contributed by atoms with E-state index in [1.807, 2.05) is 17.0 Å². The molecule has 1 fully saturated rings. The van der Waals surface area contributed by atoms with Crippen molar-refractivity contribution in [2.75, 3.05) is 18.8 Å². The second-order valence-corrected chi connectivity index (χ2v) is 7.92. The molecule has 2 unspecified atom stereocenters. The van der Waals surface area contributed by atoms with Gasteiger partial charge >= 0.3 is 5.97 Å². The molecule has 3 rings (SSSR count). The molecule has 5 nitrogen and oxygen atoms in total. The van der Waals surface area contributed by atoms with Crippen LogP contribution < -0.4 is 0 Å². The summed E-state index contributed by atoms with van der Waals surface area (Å²) in [6.45, 7) is 2.75. The molecule has 0 amide bonds. The van der Waals surface area contributed by atoms with Gasteiger partial charge in [-0.05, 0) is 31.5 Å². The van der Waals surface area contributed by atoms with E-state index in [-0.39, 0.29) is 11.8 Å². The van der Waals surface area contributed by atoms with Crippen LogP contribution in [0.3, 0.4) is 0 Å². The minimum absolute atomic E-state index is 0.0576. The third-order valence-electron chi connectivity index (χ3n) is 4.45. The van der Waals surface area contributed by atoms with Crippen LogP contribution in [0, 0.1) is 5.41 Å². The van der Waals surface area contributed by atoms with E-state index in [0.717, 1.165) is 5.56 Å². The number of aliphatic carboxylic acids is 1. The molecule has 108 valence electrons. The number of carboxylic acid groups (broad SMARTS) is 1. The molecule has 1 saturated heterocycles. The number of hydrogen-bond acceptors (Lipinski definition) is 4. The molecule has 0 aromatic heterocycles. The molecule has 20 heavy (non-hydrogen) atoms. The molecule has 2 heterocycles. The summed E-state index contributed by atoms with van der Waals surface area (Å²) >= 11 is 0. The van der Waals surface area contributed by atoms with Crippen LogP contribution >= 0.6 is 0 Å². The molecular weight excluding hydrogens is 278 g/mol. The molecule has 0 saturated carbocycles. The number of rotatable bonds is 2. The fourth-order valence-corrected chi connectivity index (χ4v) is 5.00. The number of hydrogen-bond donors (Lipinski definition) is 1. The molecule has 1 N–H and O–H groups in total. The van der Waals surface area contributed by atoms with Crippen molar-refractivity contribution in [1.82, 2.24) is 4.90 Å². The molecule has 6 heteroatoms. The first-order valence-electron chi connectivity index (χ1n) is 6.63. The molecular formula is C14H17NO4S. The zero-order valence-electron chi connectivity index (χ0n) is 11.2. The number of nitrogens with zero attached hydrogens (tertiary/aromatic N) is 1. The van der Waals surface area contributed by atoms with Gasteiger partial charge in [0.1, 0.15) is 0 Å². The Kier molecular flexibility index (Phi) is 2.92. The Morgan fingerprint density at radius 1 is 1.40 bits per heavy atom. The van der Waals surface area contributed by atoms with Gasteiger partial charge in [-0.3, -0.25) is 9.69 Å². The number of fused-ring (bicyclic) bond motifs is 1. The second-order valence-electron chi connectivity index (χ2n) is 5.92. The van der Waals surface area contributed by atoms with Crippen molar-refractivity contribution in [1.29, 1.82) is 0 Å². The highest BCUT2D eigenvalue weighted by Crippen LogP contribution is 2.42. The maximum atomic E-state index is 12.2. The molecule has 0 aliphatic carbocycles. The van der Waals surface area contributed by atoms with Gasteiger partial charge in [-0.2, -0.15) is 0 Å². The summed E-state index contributed by atoms with van der Waals surface area (Å²) in [6.07, 6.45) is 0.557. The lowest BCUT2D eigenvalue weighted by atomic mass is 9.90. The van der Waals surface area contributed by atoms with Crippen LogP contribution in [-0.2, 0) is 14.6 Å². The highest BCUT2D eigenvalue weighted by Gasteiger charge is 2.46. The predicted molar refractivity (Wildman–Crippen MR) is 73.2 cm³/mol. The Bertz CT molecular complexity index is 670. The van der Waals surface area contributed by atoms with E-state index in [1.54, 1.807) is 19.1 Å². The first-order chi connectivity index (χ1) is 9.33. The topological polar surface area (TPSA) is 74.7 Å². The van der Waals surface area contributed by atoms with Crippen molar-refractivity contribution in [3.63, 3.8) is 0 Å². The summed E-state index contributed by atoms with van der Waals surface area (Å²) in [7, 11) is -3.24. The Morgan fingerprint density at radius 2 is 2.10 bits per heavy atom. The van der Waals surface area contributed by atoms with E-state index in [1.165, 1.54) is 0 Å². The lowest BCUT2D eigenvalue weighted by molar-refractivity contribution is -0.147. The van der Waals surface area contributed by atoms with Gasteiger partial charge < -0.3 is 5.11 Å². The summed E-state index contributed by atoms with van der Waals surface area (Å²) in [5, 5.41) is 9.29. The maximum absolute atomic E-state index is 12.2. The number of carbonyl (C=O) groups is 1. The largest absolute Gasteiger partial charge is 0.481 e. The minimum atomic E-state index is -3.24. The van der Waals surface area contributed by atoms with Gasteiger partial charge in [0.2, 0.25) is 0 Å². The van der Waals surface area contributed by atoms with Crippen molar-refractivity contribution in [3.05, 3.63) is 29.8 Å². The molecule has 0 radical (unpaired) electrons. The van der Waals surface area contributed by atoms with Crippen LogP contribution in [0.5, 0.6) is 0 Å². The lowest BCUT2D eigenvalue weighted by Crippen LogP contribution is -2.34. The van der Waals surface area contributed by atoms with Crippen LogP contribution in [0.2, 0.25) is 0 Å². The van der Waals surface area contributed by atoms with Gasteiger partial charge in [-0.1, -0.05) is 18.2 Å². The van der Waals surface area contributed by atoms with Crippen molar-refractivity contribution in [2.45, 2.75) is 24.3 Å². The summed E-state index contributed by atoms with van der Waals surface area (Å²) < 4.78 is 24.3. The highest BCUT2D eigenvalue weighted by atomic mass is 32.2. The molecule has 1 aromatic rings. The van der Waals surface area contributed by atoms with Gasteiger partial charge in [0.05, 0.1) is 22.1 Å². The minimum Gasteiger partial charge on any atom is -0.481 e. The first kappa shape index (κ1) is 13.6. The highest BCUT2D eigenvalue weighted by molar-refractivity contribution is 7.91. The summed E-state index contributed by atoms with van der Waals surface area (Å²) in [6, 6.07) is 6.82. The second kappa shape index (κ2) is 4.30. The van der Waals surface area contributed by atoms with Crippen molar-refractivity contribution in [2.24, 2.45) is 5.41 Å². The molecule has 2 aliphatic rings. The fourth-order valence-electron chi connectivity index (χ4n) is 3.17. The third-order valence-corrected chi connectivity index (χ3v) is 6.25. The molecule has 0 bridgehead atoms. The smallest absolute Gasteiger partial charge is 0.310 e. The zero-order chi connectivity index (χ0) is 14.5. The summed E-state index contributed by atoms with van der Waals surface area (Å²) in [5.74, 6) is -0.753. The van der Waals surface area contributed by atoms with Crippen molar-refractivity contribution in [3.8, 4) is 0 Å².